The first-order valence-electron chi connectivity index (χ1n) is 5.93. The third kappa shape index (κ3) is 2.14. The van der Waals surface area contributed by atoms with Crippen LogP contribution in [0.2, 0.25) is 4.34 Å². The summed E-state index contributed by atoms with van der Waals surface area (Å²) >= 11 is 7.65. The lowest BCUT2D eigenvalue weighted by Crippen LogP contribution is -2.39. The van der Waals surface area contributed by atoms with Crippen molar-refractivity contribution in [2.45, 2.75) is 45.1 Å². The van der Waals surface area contributed by atoms with Crippen LogP contribution in [0.5, 0.6) is 0 Å². The van der Waals surface area contributed by atoms with E-state index in [1.165, 1.54) is 37.0 Å². The van der Waals surface area contributed by atoms with Gasteiger partial charge in [-0.05, 0) is 36.8 Å². The van der Waals surface area contributed by atoms with Crippen molar-refractivity contribution >= 4 is 22.9 Å². The average Bonchev–Trinajstić information content (AvgIpc) is 2.90. The van der Waals surface area contributed by atoms with Crippen LogP contribution in [0.1, 0.15) is 49.9 Å². The smallest absolute Gasteiger partial charge is 0.0931 e. The zero-order chi connectivity index (χ0) is 11.6. The number of thiophene rings is 1. The Bertz CT molecular complexity index is 345. The molecule has 0 aliphatic heterocycles. The van der Waals surface area contributed by atoms with Crippen LogP contribution in [0.25, 0.3) is 0 Å². The fraction of sp³-hybridized carbons (Fsp3) is 0.667. The molecule has 0 bridgehead atoms. The van der Waals surface area contributed by atoms with E-state index in [9.17, 15) is 0 Å². The summed E-state index contributed by atoms with van der Waals surface area (Å²) in [6.45, 7) is 2.27. The van der Waals surface area contributed by atoms with Gasteiger partial charge >= 0.3 is 0 Å². The Kier molecular flexibility index (Phi) is 3.90. The molecule has 0 radical (unpaired) electrons. The highest BCUT2D eigenvalue weighted by Crippen LogP contribution is 2.51. The number of rotatable bonds is 4. The predicted octanol–water partition coefficient (Wildman–Crippen LogP) is 3.88. The number of nitrogens with one attached hydrogen (secondary N) is 1. The molecule has 0 amide bonds. The van der Waals surface area contributed by atoms with Crippen molar-refractivity contribution in [3.8, 4) is 0 Å². The molecular formula is C12H19ClN2S. The zero-order valence-corrected chi connectivity index (χ0v) is 11.2. The second-order valence-corrected chi connectivity index (χ2v) is 6.41. The fourth-order valence-electron chi connectivity index (χ4n) is 2.97. The number of halogens is 1. The summed E-state index contributed by atoms with van der Waals surface area (Å²) in [5, 5.41) is 0. The van der Waals surface area contributed by atoms with Crippen molar-refractivity contribution in [2.24, 2.45) is 11.3 Å². The van der Waals surface area contributed by atoms with Crippen LogP contribution < -0.4 is 11.3 Å². The largest absolute Gasteiger partial charge is 0.271 e. The molecule has 2 nitrogen and oxygen atoms in total. The summed E-state index contributed by atoms with van der Waals surface area (Å²) in [7, 11) is 0. The summed E-state index contributed by atoms with van der Waals surface area (Å²) in [4.78, 5) is 1.27. The lowest BCUT2D eigenvalue weighted by atomic mass is 9.76. The molecular weight excluding hydrogens is 240 g/mol. The van der Waals surface area contributed by atoms with E-state index in [0.29, 0.717) is 5.41 Å². The number of hydrogen-bond donors (Lipinski definition) is 2. The van der Waals surface area contributed by atoms with Crippen molar-refractivity contribution in [3.05, 3.63) is 21.3 Å². The van der Waals surface area contributed by atoms with E-state index in [2.05, 4.69) is 18.4 Å². The third-order valence-electron chi connectivity index (χ3n) is 3.96. The van der Waals surface area contributed by atoms with E-state index in [-0.39, 0.29) is 6.04 Å². The summed E-state index contributed by atoms with van der Waals surface area (Å²) < 4.78 is 0.847. The Morgan fingerprint density at radius 1 is 1.50 bits per heavy atom. The van der Waals surface area contributed by atoms with Gasteiger partial charge in [0.05, 0.1) is 10.4 Å². The second kappa shape index (κ2) is 5.05. The van der Waals surface area contributed by atoms with Crippen LogP contribution in [-0.2, 0) is 0 Å². The first kappa shape index (κ1) is 12.4. The topological polar surface area (TPSA) is 38.0 Å². The van der Waals surface area contributed by atoms with Crippen molar-refractivity contribution in [2.75, 3.05) is 0 Å². The normalized spacial score (nSPS) is 21.2. The number of hydrazine groups is 1. The summed E-state index contributed by atoms with van der Waals surface area (Å²) in [6, 6.07) is 4.33. The van der Waals surface area contributed by atoms with Gasteiger partial charge < -0.3 is 0 Å². The first-order valence-corrected chi connectivity index (χ1v) is 7.12. The van der Waals surface area contributed by atoms with Crippen LogP contribution >= 0.6 is 22.9 Å². The average molecular weight is 259 g/mol. The summed E-state index contributed by atoms with van der Waals surface area (Å²) in [6.07, 6.45) is 6.37. The van der Waals surface area contributed by atoms with Crippen LogP contribution in [-0.4, -0.2) is 0 Å². The van der Waals surface area contributed by atoms with Crippen LogP contribution in [0.3, 0.4) is 0 Å². The minimum Gasteiger partial charge on any atom is -0.271 e. The predicted molar refractivity (Wildman–Crippen MR) is 70.6 cm³/mol. The van der Waals surface area contributed by atoms with Gasteiger partial charge in [0, 0.05) is 4.88 Å². The maximum Gasteiger partial charge on any atom is 0.0931 e. The maximum absolute atomic E-state index is 6.01. The molecule has 0 saturated heterocycles. The Balaban J connectivity index is 2.27. The van der Waals surface area contributed by atoms with E-state index in [1.807, 2.05) is 6.07 Å². The highest BCUT2D eigenvalue weighted by molar-refractivity contribution is 7.16. The van der Waals surface area contributed by atoms with Crippen molar-refractivity contribution in [1.29, 1.82) is 0 Å². The molecule has 4 heteroatoms. The summed E-state index contributed by atoms with van der Waals surface area (Å²) in [5.41, 5.74) is 3.35. The standard InChI is InChI=1S/C12H19ClN2S/c1-2-12(7-3-4-8-12)11(15-14)9-5-6-10(13)16-9/h5-6,11,15H,2-4,7-8,14H2,1H3. The maximum atomic E-state index is 6.01. The number of hydrogen-bond acceptors (Lipinski definition) is 3. The minimum absolute atomic E-state index is 0.262. The van der Waals surface area contributed by atoms with E-state index in [0.717, 1.165) is 4.34 Å². The SMILES string of the molecule is CCC1(C(NN)c2ccc(Cl)s2)CCCC1. The molecule has 1 atom stereocenters. The molecule has 1 fully saturated rings. The molecule has 1 heterocycles. The van der Waals surface area contributed by atoms with Gasteiger partial charge in [0.1, 0.15) is 0 Å². The van der Waals surface area contributed by atoms with Crippen molar-refractivity contribution < 1.29 is 0 Å². The molecule has 1 aliphatic carbocycles. The molecule has 1 aliphatic rings. The lowest BCUT2D eigenvalue weighted by Gasteiger charge is -2.35. The van der Waals surface area contributed by atoms with E-state index >= 15 is 0 Å². The molecule has 1 aromatic heterocycles. The molecule has 16 heavy (non-hydrogen) atoms. The van der Waals surface area contributed by atoms with Gasteiger partial charge in [-0.3, -0.25) is 11.3 Å². The van der Waals surface area contributed by atoms with Crippen LogP contribution in [0.15, 0.2) is 12.1 Å². The van der Waals surface area contributed by atoms with Gasteiger partial charge in [-0.15, -0.1) is 11.3 Å². The quantitative estimate of drug-likeness (QED) is 0.635. The fourth-order valence-corrected chi connectivity index (χ4v) is 4.23. The van der Waals surface area contributed by atoms with Crippen LogP contribution in [0.4, 0.5) is 0 Å². The Morgan fingerprint density at radius 3 is 2.62 bits per heavy atom. The second-order valence-electron chi connectivity index (χ2n) is 4.66. The highest BCUT2D eigenvalue weighted by atomic mass is 35.5. The van der Waals surface area contributed by atoms with Gasteiger partial charge in [-0.1, -0.05) is 31.4 Å². The van der Waals surface area contributed by atoms with Crippen molar-refractivity contribution in [3.63, 3.8) is 0 Å². The molecule has 3 N–H and O–H groups in total. The first-order chi connectivity index (χ1) is 7.72. The molecule has 1 aromatic rings. The monoisotopic (exact) mass is 258 g/mol. The van der Waals surface area contributed by atoms with Crippen LogP contribution in [0, 0.1) is 5.41 Å². The molecule has 90 valence electrons. The lowest BCUT2D eigenvalue weighted by molar-refractivity contribution is 0.191. The minimum atomic E-state index is 0.262. The molecule has 1 unspecified atom stereocenters. The molecule has 0 spiro atoms. The zero-order valence-electron chi connectivity index (χ0n) is 9.63. The van der Waals surface area contributed by atoms with E-state index in [1.54, 1.807) is 11.3 Å². The Morgan fingerprint density at radius 2 is 2.19 bits per heavy atom. The molecule has 1 saturated carbocycles. The van der Waals surface area contributed by atoms with E-state index in [4.69, 9.17) is 17.4 Å². The van der Waals surface area contributed by atoms with Gasteiger partial charge in [0.25, 0.3) is 0 Å². The highest BCUT2D eigenvalue weighted by Gasteiger charge is 2.40. The molecule has 2 rings (SSSR count). The van der Waals surface area contributed by atoms with E-state index < -0.39 is 0 Å². The summed E-state index contributed by atoms with van der Waals surface area (Å²) in [5.74, 6) is 5.77. The third-order valence-corrected chi connectivity index (χ3v) is 5.26. The van der Waals surface area contributed by atoms with Gasteiger partial charge in [0.2, 0.25) is 0 Å². The van der Waals surface area contributed by atoms with Gasteiger partial charge in [0.15, 0.2) is 0 Å². The Hall–Kier alpha value is -0.0900. The Labute approximate surface area is 106 Å². The molecule has 0 aromatic carbocycles. The number of nitrogens with two attached hydrogens (primary N) is 1. The van der Waals surface area contributed by atoms with Gasteiger partial charge in [-0.2, -0.15) is 0 Å². The van der Waals surface area contributed by atoms with Gasteiger partial charge in [-0.25, -0.2) is 0 Å². The van der Waals surface area contributed by atoms with Crippen molar-refractivity contribution in [1.82, 2.24) is 5.43 Å².